The van der Waals surface area contributed by atoms with Gasteiger partial charge in [-0.3, -0.25) is 4.79 Å². The number of ether oxygens (including phenoxy) is 1. The summed E-state index contributed by atoms with van der Waals surface area (Å²) in [6.07, 6.45) is 2.06. The quantitative estimate of drug-likeness (QED) is 0.715. The Hall–Kier alpha value is -0.610. The zero-order valence-corrected chi connectivity index (χ0v) is 9.25. The predicted octanol–water partition coefficient (Wildman–Crippen LogP) is 0.361. The van der Waals surface area contributed by atoms with E-state index in [1.807, 2.05) is 4.90 Å². The lowest BCUT2D eigenvalue weighted by Gasteiger charge is -2.31. The van der Waals surface area contributed by atoms with Gasteiger partial charge in [0.1, 0.15) is 5.60 Å². The van der Waals surface area contributed by atoms with Crippen molar-refractivity contribution in [1.82, 2.24) is 4.90 Å². The highest BCUT2D eigenvalue weighted by Crippen LogP contribution is 2.21. The van der Waals surface area contributed by atoms with E-state index in [1.54, 1.807) is 21.0 Å². The summed E-state index contributed by atoms with van der Waals surface area (Å²) in [5.74, 6) is 0.0490. The second kappa shape index (κ2) is 4.28. The Kier molecular flexibility index (Phi) is 3.50. The molecule has 1 heterocycles. The van der Waals surface area contributed by atoms with Crippen molar-refractivity contribution in [3.63, 3.8) is 0 Å². The molecule has 4 nitrogen and oxygen atoms in total. The van der Waals surface area contributed by atoms with Gasteiger partial charge in [-0.1, -0.05) is 0 Å². The average molecular weight is 200 g/mol. The van der Waals surface area contributed by atoms with Crippen LogP contribution >= 0.6 is 0 Å². The van der Waals surface area contributed by atoms with Crippen LogP contribution in [-0.4, -0.2) is 42.6 Å². The molecule has 0 aromatic carbocycles. The molecule has 1 saturated heterocycles. The van der Waals surface area contributed by atoms with E-state index in [1.165, 1.54) is 0 Å². The first-order valence-corrected chi connectivity index (χ1v) is 5.09. The molecule has 2 N–H and O–H groups in total. The fourth-order valence-electron chi connectivity index (χ4n) is 1.78. The second-order valence-corrected chi connectivity index (χ2v) is 4.24. The average Bonchev–Trinajstić information content (AvgIpc) is 2.64. The van der Waals surface area contributed by atoms with Gasteiger partial charge in [0.05, 0.1) is 0 Å². The van der Waals surface area contributed by atoms with Crippen molar-refractivity contribution in [1.29, 1.82) is 0 Å². The highest BCUT2D eigenvalue weighted by atomic mass is 16.5. The van der Waals surface area contributed by atoms with E-state index >= 15 is 0 Å². The monoisotopic (exact) mass is 200 g/mol. The normalized spacial score (nSPS) is 22.9. The lowest BCUT2D eigenvalue weighted by atomic mass is 10.1. The molecule has 0 aromatic rings. The van der Waals surface area contributed by atoms with Crippen molar-refractivity contribution < 1.29 is 9.53 Å². The third-order valence-corrected chi connectivity index (χ3v) is 2.94. The number of rotatable bonds is 3. The van der Waals surface area contributed by atoms with Gasteiger partial charge in [0, 0.05) is 26.2 Å². The first kappa shape index (κ1) is 11.5. The van der Waals surface area contributed by atoms with Crippen LogP contribution in [0.3, 0.4) is 0 Å². The maximum absolute atomic E-state index is 12.0. The molecule has 1 rings (SSSR count). The summed E-state index contributed by atoms with van der Waals surface area (Å²) >= 11 is 0. The highest BCUT2D eigenvalue weighted by molar-refractivity contribution is 5.85. The summed E-state index contributed by atoms with van der Waals surface area (Å²) < 4.78 is 5.17. The summed E-state index contributed by atoms with van der Waals surface area (Å²) in [4.78, 5) is 13.9. The highest BCUT2D eigenvalue weighted by Gasteiger charge is 2.37. The lowest BCUT2D eigenvalue weighted by Crippen LogP contribution is -2.50. The molecular formula is C10H20N2O2. The molecule has 0 aliphatic carbocycles. The smallest absolute Gasteiger partial charge is 0.254 e. The molecule has 0 aromatic heterocycles. The summed E-state index contributed by atoms with van der Waals surface area (Å²) in [6, 6.07) is 0.205. The van der Waals surface area contributed by atoms with Crippen LogP contribution in [0.25, 0.3) is 0 Å². The van der Waals surface area contributed by atoms with Crippen molar-refractivity contribution in [3.8, 4) is 0 Å². The van der Waals surface area contributed by atoms with Gasteiger partial charge in [0.2, 0.25) is 0 Å². The number of carbonyl (C=O) groups is 1. The zero-order chi connectivity index (χ0) is 10.8. The van der Waals surface area contributed by atoms with E-state index < -0.39 is 5.60 Å². The van der Waals surface area contributed by atoms with E-state index in [-0.39, 0.29) is 11.9 Å². The molecule has 1 aliphatic heterocycles. The van der Waals surface area contributed by atoms with E-state index in [9.17, 15) is 4.79 Å². The molecule has 4 heteroatoms. The van der Waals surface area contributed by atoms with Crippen molar-refractivity contribution in [2.45, 2.75) is 38.3 Å². The molecule has 1 aliphatic rings. The summed E-state index contributed by atoms with van der Waals surface area (Å²) in [5.41, 5.74) is 4.89. The number of carbonyl (C=O) groups excluding carboxylic acids is 1. The molecule has 1 atom stereocenters. The summed E-state index contributed by atoms with van der Waals surface area (Å²) in [6.45, 7) is 4.95. The zero-order valence-electron chi connectivity index (χ0n) is 9.25. The Morgan fingerprint density at radius 3 is 2.79 bits per heavy atom. The number of methoxy groups -OCH3 is 1. The SMILES string of the molecule is COC(C)(C)C(=O)N1CCCC1CN. The molecule has 0 saturated carbocycles. The largest absolute Gasteiger partial charge is 0.369 e. The van der Waals surface area contributed by atoms with E-state index in [0.29, 0.717) is 6.54 Å². The van der Waals surface area contributed by atoms with Crippen LogP contribution < -0.4 is 5.73 Å². The third kappa shape index (κ3) is 2.07. The van der Waals surface area contributed by atoms with Gasteiger partial charge in [0.15, 0.2) is 0 Å². The minimum Gasteiger partial charge on any atom is -0.369 e. The summed E-state index contributed by atoms with van der Waals surface area (Å²) in [7, 11) is 1.56. The van der Waals surface area contributed by atoms with Gasteiger partial charge in [-0.25, -0.2) is 0 Å². The van der Waals surface area contributed by atoms with Crippen molar-refractivity contribution in [2.75, 3.05) is 20.2 Å². The first-order chi connectivity index (χ1) is 6.53. The maximum atomic E-state index is 12.0. The number of amides is 1. The Labute approximate surface area is 85.4 Å². The van der Waals surface area contributed by atoms with Crippen LogP contribution in [0.4, 0.5) is 0 Å². The van der Waals surface area contributed by atoms with Gasteiger partial charge in [-0.05, 0) is 26.7 Å². The number of likely N-dealkylation sites (tertiary alicyclic amines) is 1. The predicted molar refractivity (Wildman–Crippen MR) is 54.9 cm³/mol. The minimum atomic E-state index is -0.724. The molecule has 14 heavy (non-hydrogen) atoms. The topological polar surface area (TPSA) is 55.6 Å². The third-order valence-electron chi connectivity index (χ3n) is 2.94. The molecule has 0 spiro atoms. The Morgan fingerprint density at radius 1 is 1.64 bits per heavy atom. The molecule has 0 bridgehead atoms. The number of hydrogen-bond donors (Lipinski definition) is 1. The summed E-state index contributed by atoms with van der Waals surface area (Å²) in [5, 5.41) is 0. The fraction of sp³-hybridized carbons (Fsp3) is 0.900. The van der Waals surface area contributed by atoms with E-state index in [2.05, 4.69) is 0 Å². The van der Waals surface area contributed by atoms with Crippen molar-refractivity contribution in [3.05, 3.63) is 0 Å². The second-order valence-electron chi connectivity index (χ2n) is 4.24. The Bertz CT molecular complexity index is 216. The van der Waals surface area contributed by atoms with Crippen LogP contribution in [0, 0.1) is 0 Å². The van der Waals surface area contributed by atoms with E-state index in [0.717, 1.165) is 19.4 Å². The van der Waals surface area contributed by atoms with Gasteiger partial charge < -0.3 is 15.4 Å². The number of nitrogens with two attached hydrogens (primary N) is 1. The maximum Gasteiger partial charge on any atom is 0.254 e. The Morgan fingerprint density at radius 2 is 2.29 bits per heavy atom. The van der Waals surface area contributed by atoms with Gasteiger partial charge in [-0.2, -0.15) is 0 Å². The fourth-order valence-corrected chi connectivity index (χ4v) is 1.78. The molecule has 0 radical (unpaired) electrons. The first-order valence-electron chi connectivity index (χ1n) is 5.09. The van der Waals surface area contributed by atoms with Crippen LogP contribution in [-0.2, 0) is 9.53 Å². The van der Waals surface area contributed by atoms with Crippen LogP contribution in [0.1, 0.15) is 26.7 Å². The van der Waals surface area contributed by atoms with Gasteiger partial charge >= 0.3 is 0 Å². The standard InChI is InChI=1S/C10H20N2O2/c1-10(2,14-3)9(13)12-6-4-5-8(12)7-11/h8H,4-7,11H2,1-3H3. The molecule has 82 valence electrons. The minimum absolute atomic E-state index is 0.0490. The van der Waals surface area contributed by atoms with Gasteiger partial charge in [0.25, 0.3) is 5.91 Å². The molecule has 1 amide bonds. The van der Waals surface area contributed by atoms with Crippen molar-refractivity contribution >= 4 is 5.91 Å². The molecule has 1 unspecified atom stereocenters. The molecular weight excluding hydrogens is 180 g/mol. The van der Waals surface area contributed by atoms with Crippen LogP contribution in [0.2, 0.25) is 0 Å². The molecule has 1 fully saturated rings. The Balaban J connectivity index is 2.69. The van der Waals surface area contributed by atoms with Crippen molar-refractivity contribution in [2.24, 2.45) is 5.73 Å². The number of hydrogen-bond acceptors (Lipinski definition) is 3. The lowest BCUT2D eigenvalue weighted by molar-refractivity contribution is -0.151. The van der Waals surface area contributed by atoms with Crippen LogP contribution in [0.5, 0.6) is 0 Å². The van der Waals surface area contributed by atoms with E-state index in [4.69, 9.17) is 10.5 Å². The number of nitrogens with zero attached hydrogens (tertiary/aromatic N) is 1. The van der Waals surface area contributed by atoms with Gasteiger partial charge in [-0.15, -0.1) is 0 Å². The van der Waals surface area contributed by atoms with Crippen LogP contribution in [0.15, 0.2) is 0 Å².